The summed E-state index contributed by atoms with van der Waals surface area (Å²) < 4.78 is 38.5. The van der Waals surface area contributed by atoms with Gasteiger partial charge in [0.05, 0.1) is 5.56 Å². The Labute approximate surface area is 200 Å². The normalized spacial score (nSPS) is 15.0. The Kier molecular flexibility index (Phi) is 7.98. The summed E-state index contributed by atoms with van der Waals surface area (Å²) in [5.74, 6) is 0. The zero-order valence-corrected chi connectivity index (χ0v) is 20.5. The minimum absolute atomic E-state index is 0.634. The third-order valence-corrected chi connectivity index (χ3v) is 10.1. The number of rotatable bonds is 7. The van der Waals surface area contributed by atoms with E-state index in [1.54, 1.807) is 0 Å². The van der Waals surface area contributed by atoms with Crippen molar-refractivity contribution < 1.29 is 13.2 Å². The number of allylic oxidation sites excluding steroid dienone is 4. The van der Waals surface area contributed by atoms with E-state index in [2.05, 4.69) is 49.2 Å². The fraction of sp³-hybridized carbons (Fsp3) is 0.143. The van der Waals surface area contributed by atoms with Crippen LogP contribution >= 0.6 is 21.8 Å². The molecule has 3 rings (SSSR count). The molecular weight excluding hydrogens is 457 g/mol. The van der Waals surface area contributed by atoms with Crippen molar-refractivity contribution in [3.63, 3.8) is 0 Å². The maximum atomic E-state index is 12.8. The molecule has 0 amide bonds. The summed E-state index contributed by atoms with van der Waals surface area (Å²) in [6.45, 7) is 8.44. The van der Waals surface area contributed by atoms with Gasteiger partial charge in [-0.25, -0.2) is 0 Å². The molecule has 1 unspecified atom stereocenters. The smallest absolute Gasteiger partial charge is 0.166 e. The molecule has 0 fully saturated rings. The molecule has 3 aromatic rings. The van der Waals surface area contributed by atoms with E-state index < -0.39 is 21.8 Å². The molecule has 0 aliphatic heterocycles. The Morgan fingerprint density at radius 2 is 1.58 bits per heavy atom. The van der Waals surface area contributed by atoms with Crippen molar-refractivity contribution in [1.29, 1.82) is 0 Å². The Bertz CT molecular complexity index is 1160. The van der Waals surface area contributed by atoms with Crippen molar-refractivity contribution in [3.8, 4) is 0 Å². The van der Waals surface area contributed by atoms with Crippen molar-refractivity contribution in [3.05, 3.63) is 120 Å². The predicted octanol–water partition coefficient (Wildman–Crippen LogP) is 9.66. The van der Waals surface area contributed by atoms with Crippen molar-refractivity contribution in [2.45, 2.75) is 39.6 Å². The first-order chi connectivity index (χ1) is 15.7. The van der Waals surface area contributed by atoms with Crippen LogP contribution in [0.5, 0.6) is 0 Å². The summed E-state index contributed by atoms with van der Waals surface area (Å²) in [6.07, 6.45) is 5.99. The van der Waals surface area contributed by atoms with Gasteiger partial charge in [-0.3, -0.25) is 0 Å². The Hall–Kier alpha value is -2.63. The summed E-state index contributed by atoms with van der Waals surface area (Å²) in [4.78, 5) is 5.26. The van der Waals surface area contributed by atoms with Gasteiger partial charge in [0.2, 0.25) is 0 Å². The van der Waals surface area contributed by atoms with E-state index in [9.17, 15) is 13.2 Å². The van der Waals surface area contributed by atoms with Crippen LogP contribution in [0.4, 0.5) is 13.2 Å². The molecule has 0 nitrogen and oxygen atoms in total. The van der Waals surface area contributed by atoms with Crippen LogP contribution in [0.25, 0.3) is 0 Å². The van der Waals surface area contributed by atoms with Gasteiger partial charge in [-0.05, 0) is 95.0 Å². The molecule has 172 valence electrons. The van der Waals surface area contributed by atoms with Gasteiger partial charge in [-0.2, -0.15) is 23.2 Å². The number of benzene rings is 3. The van der Waals surface area contributed by atoms with E-state index >= 15 is 0 Å². The fourth-order valence-electron chi connectivity index (χ4n) is 3.37. The SMILES string of the molecule is C=C(/C=C\C=C/C)S(C)(c1ccccc1)c1ccc(Sc2ccc(C(F)(F)F)cc2)c(C)c1. The molecule has 0 saturated heterocycles. The Balaban J connectivity index is 1.95. The van der Waals surface area contributed by atoms with E-state index in [4.69, 9.17) is 0 Å². The maximum absolute atomic E-state index is 12.8. The lowest BCUT2D eigenvalue weighted by atomic mass is 10.2. The van der Waals surface area contributed by atoms with Crippen LogP contribution in [0.2, 0.25) is 0 Å². The summed E-state index contributed by atoms with van der Waals surface area (Å²) in [6, 6.07) is 22.1. The van der Waals surface area contributed by atoms with Gasteiger partial charge in [0.1, 0.15) is 0 Å². The lowest BCUT2D eigenvalue weighted by Gasteiger charge is -2.38. The van der Waals surface area contributed by atoms with E-state index in [-0.39, 0.29) is 0 Å². The van der Waals surface area contributed by atoms with E-state index in [0.29, 0.717) is 0 Å². The van der Waals surface area contributed by atoms with Gasteiger partial charge < -0.3 is 0 Å². The number of alkyl halides is 3. The zero-order valence-electron chi connectivity index (χ0n) is 18.9. The van der Waals surface area contributed by atoms with Crippen LogP contribution in [0.15, 0.2) is 128 Å². The second kappa shape index (κ2) is 10.5. The lowest BCUT2D eigenvalue weighted by molar-refractivity contribution is -0.137. The van der Waals surface area contributed by atoms with Crippen molar-refractivity contribution >= 4 is 21.8 Å². The van der Waals surface area contributed by atoms with Gasteiger partial charge in [-0.15, -0.1) is 0 Å². The van der Waals surface area contributed by atoms with Gasteiger partial charge in [0.15, 0.2) is 0 Å². The van der Waals surface area contributed by atoms with Gasteiger partial charge >= 0.3 is 6.18 Å². The molecule has 0 heterocycles. The first-order valence-electron chi connectivity index (χ1n) is 10.4. The Morgan fingerprint density at radius 1 is 0.909 bits per heavy atom. The largest absolute Gasteiger partial charge is 0.416 e. The first-order valence-corrected chi connectivity index (χ1v) is 13.3. The highest BCUT2D eigenvalue weighted by molar-refractivity contribution is 8.36. The van der Waals surface area contributed by atoms with Gasteiger partial charge in [0.25, 0.3) is 0 Å². The monoisotopic (exact) mass is 484 g/mol. The number of hydrogen-bond acceptors (Lipinski definition) is 1. The predicted molar refractivity (Wildman–Crippen MR) is 136 cm³/mol. The van der Waals surface area contributed by atoms with Crippen LogP contribution in [-0.4, -0.2) is 6.26 Å². The first kappa shape index (κ1) is 25.0. The molecule has 0 aliphatic carbocycles. The molecule has 0 N–H and O–H groups in total. The second-order valence-corrected chi connectivity index (χ2v) is 12.1. The lowest BCUT2D eigenvalue weighted by Crippen LogP contribution is -2.04. The van der Waals surface area contributed by atoms with Crippen molar-refractivity contribution in [2.75, 3.05) is 6.26 Å². The van der Waals surface area contributed by atoms with Crippen LogP contribution in [0.1, 0.15) is 18.1 Å². The summed E-state index contributed by atoms with van der Waals surface area (Å²) >= 11 is 1.47. The zero-order chi connectivity index (χ0) is 24.1. The molecule has 0 radical (unpaired) electrons. The third-order valence-electron chi connectivity index (χ3n) is 5.35. The van der Waals surface area contributed by atoms with E-state index in [1.807, 2.05) is 50.3 Å². The highest BCUT2D eigenvalue weighted by atomic mass is 32.3. The maximum Gasteiger partial charge on any atom is 0.416 e. The summed E-state index contributed by atoms with van der Waals surface area (Å²) in [5.41, 5.74) is 0.447. The topological polar surface area (TPSA) is 0 Å². The fourth-order valence-corrected chi connectivity index (χ4v) is 6.94. The molecule has 0 aliphatic rings. The molecule has 0 bridgehead atoms. The quantitative estimate of drug-likeness (QED) is 0.301. The number of halogens is 3. The highest BCUT2D eigenvalue weighted by Gasteiger charge is 2.30. The van der Waals surface area contributed by atoms with Crippen LogP contribution in [-0.2, 0) is 6.18 Å². The number of aryl methyl sites for hydroxylation is 1. The molecule has 33 heavy (non-hydrogen) atoms. The molecule has 0 saturated carbocycles. The summed E-state index contributed by atoms with van der Waals surface area (Å²) in [7, 11) is -1.54. The molecule has 0 aromatic heterocycles. The average Bonchev–Trinajstić information content (AvgIpc) is 2.80. The molecule has 0 spiro atoms. The Morgan fingerprint density at radius 3 is 2.15 bits per heavy atom. The average molecular weight is 485 g/mol. The van der Waals surface area contributed by atoms with Crippen LogP contribution < -0.4 is 0 Å². The summed E-state index contributed by atoms with van der Waals surface area (Å²) in [5, 5.41) is 0. The van der Waals surface area contributed by atoms with E-state index in [0.717, 1.165) is 32.4 Å². The molecular formula is C28H27F3S2. The molecule has 5 heteroatoms. The minimum atomic E-state index is -4.32. The minimum Gasteiger partial charge on any atom is -0.166 e. The third kappa shape index (κ3) is 5.84. The number of hydrogen-bond donors (Lipinski definition) is 0. The standard InChI is InChI=1S/C28H27F3S2/c1-5-6-8-11-22(3)33(4,25-12-9-7-10-13-25)26-18-19-27(21(2)20-26)32-24-16-14-23(15-17-24)28(29,30)31/h5-20H,3H2,1-2,4H3/b6-5-,11-8-. The second-order valence-electron chi connectivity index (χ2n) is 7.63. The van der Waals surface area contributed by atoms with Gasteiger partial charge in [0, 0.05) is 9.79 Å². The highest BCUT2D eigenvalue weighted by Crippen LogP contribution is 2.65. The van der Waals surface area contributed by atoms with E-state index in [1.165, 1.54) is 33.7 Å². The molecule has 1 atom stereocenters. The molecule has 3 aromatic carbocycles. The van der Waals surface area contributed by atoms with Crippen LogP contribution in [0.3, 0.4) is 0 Å². The van der Waals surface area contributed by atoms with Crippen molar-refractivity contribution in [2.24, 2.45) is 0 Å². The van der Waals surface area contributed by atoms with Crippen LogP contribution in [0, 0.1) is 6.92 Å². The van der Waals surface area contributed by atoms with Crippen molar-refractivity contribution in [1.82, 2.24) is 0 Å². The van der Waals surface area contributed by atoms with Gasteiger partial charge in [-0.1, -0.05) is 60.8 Å².